The summed E-state index contributed by atoms with van der Waals surface area (Å²) in [6, 6.07) is 0. The number of nitrogens with one attached hydrogen (secondary N) is 1. The molecule has 128 valence electrons. The maximum atomic E-state index is 12.4. The van der Waals surface area contributed by atoms with Gasteiger partial charge in [-0.2, -0.15) is 0 Å². The van der Waals surface area contributed by atoms with Gasteiger partial charge in [0.05, 0.1) is 0 Å². The van der Waals surface area contributed by atoms with Crippen LogP contribution in [-0.4, -0.2) is 18.2 Å². The highest BCUT2D eigenvalue weighted by atomic mass is 16.3. The number of amides is 1. The zero-order valence-corrected chi connectivity index (χ0v) is 15.4. The van der Waals surface area contributed by atoms with Crippen molar-refractivity contribution in [3.63, 3.8) is 0 Å². The average molecular weight is 310 g/mol. The number of hydrogen-bond donors (Lipinski definition) is 1. The summed E-state index contributed by atoms with van der Waals surface area (Å²) in [6.07, 6.45) is 1.45. The van der Waals surface area contributed by atoms with E-state index in [1.54, 1.807) is 0 Å². The van der Waals surface area contributed by atoms with E-state index in [1.807, 2.05) is 13.8 Å². The van der Waals surface area contributed by atoms with Gasteiger partial charge in [-0.25, -0.2) is 0 Å². The van der Waals surface area contributed by atoms with Crippen LogP contribution >= 0.6 is 0 Å². The third-order valence-electron chi connectivity index (χ3n) is 4.88. The molecule has 1 amide bonds. The van der Waals surface area contributed by atoms with Crippen LogP contribution in [0.2, 0.25) is 0 Å². The topological polar surface area (TPSA) is 69.2 Å². The van der Waals surface area contributed by atoms with Gasteiger partial charge in [0.15, 0.2) is 0 Å². The second kappa shape index (κ2) is 7.80. The van der Waals surface area contributed by atoms with Crippen molar-refractivity contribution in [3.8, 4) is 0 Å². The van der Waals surface area contributed by atoms with Crippen LogP contribution in [-0.2, 0) is 9.59 Å². The third kappa shape index (κ3) is 6.20. The molecule has 0 aliphatic heterocycles. The summed E-state index contributed by atoms with van der Waals surface area (Å²) in [4.78, 5) is 23.3. The molecule has 0 fully saturated rings. The van der Waals surface area contributed by atoms with Gasteiger partial charge in [-0.3, -0.25) is 9.59 Å². The zero-order valence-electron chi connectivity index (χ0n) is 15.4. The fraction of sp³-hybridized carbons (Fsp3) is 0.778. The first-order chi connectivity index (χ1) is 9.80. The molecule has 0 aliphatic carbocycles. The van der Waals surface area contributed by atoms with E-state index < -0.39 is 5.41 Å². The third-order valence-corrected chi connectivity index (χ3v) is 4.88. The molecule has 4 heteroatoms. The minimum absolute atomic E-state index is 0.0494. The number of Topliss-reactive ketones (excluding diaryl/α,β-unsaturated/α-hetero) is 1. The number of ketones is 1. The highest BCUT2D eigenvalue weighted by Gasteiger charge is 2.40. The summed E-state index contributed by atoms with van der Waals surface area (Å²) in [6.45, 7) is 16.0. The SMILES string of the molecule is CC(=O)CC=C([O-])CNC(=O)C(C)(C)C(C)C(C)C(C)(C)C. The molecule has 1 N–H and O–H groups in total. The second-order valence-corrected chi connectivity index (χ2v) is 7.92. The Balaban J connectivity index is 4.76. The lowest BCUT2D eigenvalue weighted by Gasteiger charge is -2.40. The zero-order chi connectivity index (χ0) is 17.7. The Bertz CT molecular complexity index is 430. The van der Waals surface area contributed by atoms with Crippen LogP contribution in [0, 0.1) is 22.7 Å². The van der Waals surface area contributed by atoms with Gasteiger partial charge in [0.25, 0.3) is 0 Å². The van der Waals surface area contributed by atoms with Crippen LogP contribution in [0.1, 0.15) is 61.8 Å². The number of carbonyl (C=O) groups excluding carboxylic acids is 2. The van der Waals surface area contributed by atoms with Crippen molar-refractivity contribution in [2.24, 2.45) is 22.7 Å². The van der Waals surface area contributed by atoms with Crippen molar-refractivity contribution in [2.75, 3.05) is 6.54 Å². The molecule has 0 spiro atoms. The first-order valence-electron chi connectivity index (χ1n) is 7.94. The molecule has 22 heavy (non-hydrogen) atoms. The Morgan fingerprint density at radius 2 is 1.59 bits per heavy atom. The molecule has 0 rings (SSSR count). The molecule has 4 nitrogen and oxygen atoms in total. The molecule has 0 bridgehead atoms. The van der Waals surface area contributed by atoms with Crippen molar-refractivity contribution < 1.29 is 14.7 Å². The van der Waals surface area contributed by atoms with E-state index in [0.29, 0.717) is 5.92 Å². The number of hydrogen-bond acceptors (Lipinski definition) is 3. The fourth-order valence-corrected chi connectivity index (χ4v) is 2.31. The summed E-state index contributed by atoms with van der Waals surface area (Å²) in [7, 11) is 0. The molecule has 0 radical (unpaired) electrons. The number of allylic oxidation sites excluding steroid dienone is 1. The predicted molar refractivity (Wildman–Crippen MR) is 88.0 cm³/mol. The van der Waals surface area contributed by atoms with Gasteiger partial charge >= 0.3 is 0 Å². The van der Waals surface area contributed by atoms with E-state index in [1.165, 1.54) is 13.0 Å². The largest absolute Gasteiger partial charge is 0.874 e. The maximum Gasteiger partial charge on any atom is 0.226 e. The average Bonchev–Trinajstić information content (AvgIpc) is 2.39. The Morgan fingerprint density at radius 1 is 1.09 bits per heavy atom. The number of rotatable bonds is 7. The van der Waals surface area contributed by atoms with Gasteiger partial charge < -0.3 is 10.4 Å². The molecule has 2 atom stereocenters. The van der Waals surface area contributed by atoms with Crippen molar-refractivity contribution >= 4 is 11.7 Å². The summed E-state index contributed by atoms with van der Waals surface area (Å²) < 4.78 is 0. The molecule has 0 aromatic carbocycles. The van der Waals surface area contributed by atoms with Gasteiger partial charge in [-0.15, -0.1) is 5.76 Å². The second-order valence-electron chi connectivity index (χ2n) is 7.92. The highest BCUT2D eigenvalue weighted by Crippen LogP contribution is 2.41. The lowest BCUT2D eigenvalue weighted by atomic mass is 9.65. The number of carbonyl (C=O) groups is 2. The molecule has 0 saturated carbocycles. The summed E-state index contributed by atoms with van der Waals surface area (Å²) >= 11 is 0. The molecule has 0 aromatic rings. The van der Waals surface area contributed by atoms with Crippen molar-refractivity contribution in [1.82, 2.24) is 5.32 Å². The molecule has 0 aliphatic rings. The minimum Gasteiger partial charge on any atom is -0.874 e. The van der Waals surface area contributed by atoms with E-state index in [9.17, 15) is 14.7 Å². The van der Waals surface area contributed by atoms with Gasteiger partial charge in [0.2, 0.25) is 5.91 Å². The van der Waals surface area contributed by atoms with Gasteiger partial charge in [0.1, 0.15) is 5.78 Å². The Hall–Kier alpha value is -1.32. The Labute approximate surface area is 135 Å². The Kier molecular flexibility index (Phi) is 7.33. The van der Waals surface area contributed by atoms with E-state index in [2.05, 4.69) is 39.9 Å². The smallest absolute Gasteiger partial charge is 0.226 e. The minimum atomic E-state index is -0.562. The maximum absolute atomic E-state index is 12.4. The molecular weight excluding hydrogens is 278 g/mol. The van der Waals surface area contributed by atoms with Crippen molar-refractivity contribution in [1.29, 1.82) is 0 Å². The quantitative estimate of drug-likeness (QED) is 0.735. The van der Waals surface area contributed by atoms with Crippen LogP contribution in [0.25, 0.3) is 0 Å². The summed E-state index contributed by atoms with van der Waals surface area (Å²) in [5.41, 5.74) is -0.449. The molecular formula is C18H32NO3-. The summed E-state index contributed by atoms with van der Waals surface area (Å²) in [5.74, 6) is 0.112. The van der Waals surface area contributed by atoms with E-state index in [-0.39, 0.29) is 41.7 Å². The standard InChI is InChI=1S/C18H33NO3/c1-12(20)9-10-15(21)11-19-16(22)18(7,8)14(3)13(2)17(4,5)6/h10,13-14,21H,9,11H2,1-8H3,(H,19,22)/p-1. The van der Waals surface area contributed by atoms with Gasteiger partial charge in [-0.1, -0.05) is 54.5 Å². The van der Waals surface area contributed by atoms with Crippen molar-refractivity contribution in [2.45, 2.75) is 61.8 Å². The molecule has 0 aromatic heterocycles. The van der Waals surface area contributed by atoms with Gasteiger partial charge in [0, 0.05) is 18.4 Å². The lowest BCUT2D eigenvalue weighted by molar-refractivity contribution is -0.304. The summed E-state index contributed by atoms with van der Waals surface area (Å²) in [5, 5.41) is 14.3. The molecule has 2 unspecified atom stereocenters. The first kappa shape index (κ1) is 20.7. The van der Waals surface area contributed by atoms with Crippen molar-refractivity contribution in [3.05, 3.63) is 11.8 Å². The monoisotopic (exact) mass is 310 g/mol. The van der Waals surface area contributed by atoms with Crippen LogP contribution in [0.4, 0.5) is 0 Å². The van der Waals surface area contributed by atoms with Crippen LogP contribution < -0.4 is 10.4 Å². The van der Waals surface area contributed by atoms with E-state index >= 15 is 0 Å². The first-order valence-corrected chi connectivity index (χ1v) is 7.94. The highest BCUT2D eigenvalue weighted by molar-refractivity contribution is 5.82. The van der Waals surface area contributed by atoms with Crippen LogP contribution in [0.5, 0.6) is 0 Å². The van der Waals surface area contributed by atoms with Gasteiger partial charge in [-0.05, 0) is 24.2 Å². The van der Waals surface area contributed by atoms with Crippen LogP contribution in [0.15, 0.2) is 11.8 Å². The van der Waals surface area contributed by atoms with E-state index in [0.717, 1.165) is 0 Å². The fourth-order valence-electron chi connectivity index (χ4n) is 2.31. The van der Waals surface area contributed by atoms with E-state index in [4.69, 9.17) is 0 Å². The normalized spacial score (nSPS) is 16.1. The lowest BCUT2D eigenvalue weighted by Crippen LogP contribution is -2.46. The van der Waals surface area contributed by atoms with Crippen LogP contribution in [0.3, 0.4) is 0 Å². The Morgan fingerprint density at radius 3 is 2.00 bits per heavy atom. The molecule has 0 heterocycles. The molecule has 0 saturated heterocycles. The predicted octanol–water partition coefficient (Wildman–Crippen LogP) is 2.67.